The number of ether oxygens (including phenoxy) is 3. The molecule has 6 nitrogen and oxygen atoms in total. The van der Waals surface area contributed by atoms with Crippen LogP contribution in [0.25, 0.3) is 0 Å². The Hall–Kier alpha value is -0.850. The third kappa shape index (κ3) is 6.78. The van der Waals surface area contributed by atoms with Gasteiger partial charge in [0.25, 0.3) is 0 Å². The summed E-state index contributed by atoms with van der Waals surface area (Å²) in [6, 6.07) is 0.159. The Morgan fingerprint density at radius 1 is 1.61 bits per heavy atom. The number of guanidine groups is 1. The van der Waals surface area contributed by atoms with Crippen molar-refractivity contribution >= 4 is 5.96 Å². The number of nitrogens with two attached hydrogens (primary N) is 1. The highest BCUT2D eigenvalue weighted by atomic mass is 16.5. The van der Waals surface area contributed by atoms with Crippen LogP contribution in [0.4, 0.5) is 0 Å². The number of nitrogens with one attached hydrogen (secondary N) is 1. The molecule has 0 amide bonds. The molecule has 2 unspecified atom stereocenters. The highest BCUT2D eigenvalue weighted by Gasteiger charge is 2.14. The van der Waals surface area contributed by atoms with E-state index in [4.69, 9.17) is 19.9 Å². The Balaban J connectivity index is 2.00. The van der Waals surface area contributed by atoms with Gasteiger partial charge < -0.3 is 25.3 Å². The minimum absolute atomic E-state index is 0.159. The lowest BCUT2D eigenvalue weighted by Crippen LogP contribution is -2.40. The highest BCUT2D eigenvalue weighted by molar-refractivity contribution is 5.78. The Labute approximate surface area is 109 Å². The van der Waals surface area contributed by atoms with Crippen LogP contribution in [0.5, 0.6) is 0 Å². The molecule has 1 fully saturated rings. The largest absolute Gasteiger partial charge is 0.383 e. The number of hydrogen-bond acceptors (Lipinski definition) is 4. The molecule has 0 radical (unpaired) electrons. The predicted molar refractivity (Wildman–Crippen MR) is 70.8 cm³/mol. The van der Waals surface area contributed by atoms with E-state index in [0.717, 1.165) is 19.4 Å². The summed E-state index contributed by atoms with van der Waals surface area (Å²) in [6.07, 6.45) is 2.51. The van der Waals surface area contributed by atoms with E-state index in [1.54, 1.807) is 7.11 Å². The topological polar surface area (TPSA) is 78.1 Å². The number of nitrogens with zero attached hydrogens (tertiary/aromatic N) is 1. The average molecular weight is 259 g/mol. The lowest BCUT2D eigenvalue weighted by atomic mass is 10.2. The van der Waals surface area contributed by atoms with Gasteiger partial charge in [0.15, 0.2) is 5.96 Å². The number of hydrogen-bond donors (Lipinski definition) is 2. The van der Waals surface area contributed by atoms with Crippen LogP contribution in [-0.2, 0) is 14.2 Å². The average Bonchev–Trinajstić information content (AvgIpc) is 2.81. The summed E-state index contributed by atoms with van der Waals surface area (Å²) in [5.74, 6) is 0.431. The molecule has 106 valence electrons. The third-order valence-corrected chi connectivity index (χ3v) is 2.66. The van der Waals surface area contributed by atoms with Crippen molar-refractivity contribution in [2.24, 2.45) is 10.7 Å². The van der Waals surface area contributed by atoms with Crippen molar-refractivity contribution < 1.29 is 14.2 Å². The molecule has 0 aromatic heterocycles. The molecule has 0 bridgehead atoms. The van der Waals surface area contributed by atoms with Gasteiger partial charge in [-0.1, -0.05) is 0 Å². The van der Waals surface area contributed by atoms with Gasteiger partial charge >= 0.3 is 0 Å². The molecule has 1 heterocycles. The predicted octanol–water partition coefficient (Wildman–Crippen LogP) is 0.121. The standard InChI is InChI=1S/C12H25N3O3/c1-10(8-16-2)15-12(13)14-5-7-17-9-11-4-3-6-18-11/h10-11H,3-9H2,1-2H3,(H3,13,14,15). The molecule has 0 saturated carbocycles. The SMILES string of the molecule is COCC(C)NC(N)=NCCOCC1CCCO1. The van der Waals surface area contributed by atoms with Crippen molar-refractivity contribution in [1.82, 2.24) is 5.32 Å². The Bertz CT molecular complexity index is 243. The summed E-state index contributed by atoms with van der Waals surface area (Å²) >= 11 is 0. The van der Waals surface area contributed by atoms with Crippen molar-refractivity contribution in [3.8, 4) is 0 Å². The van der Waals surface area contributed by atoms with Crippen LogP contribution in [-0.4, -0.2) is 58.2 Å². The van der Waals surface area contributed by atoms with Crippen LogP contribution in [0.3, 0.4) is 0 Å². The molecule has 1 saturated heterocycles. The van der Waals surface area contributed by atoms with Gasteiger partial charge in [-0.3, -0.25) is 4.99 Å². The Kier molecular flexibility index (Phi) is 7.71. The lowest BCUT2D eigenvalue weighted by Gasteiger charge is -2.13. The van der Waals surface area contributed by atoms with E-state index in [-0.39, 0.29) is 12.1 Å². The van der Waals surface area contributed by atoms with Crippen LogP contribution in [0.15, 0.2) is 4.99 Å². The van der Waals surface area contributed by atoms with E-state index in [1.165, 1.54) is 0 Å². The second-order valence-corrected chi connectivity index (χ2v) is 4.48. The van der Waals surface area contributed by atoms with Gasteiger partial charge in [-0.15, -0.1) is 0 Å². The molecule has 0 aliphatic carbocycles. The van der Waals surface area contributed by atoms with Gasteiger partial charge in [0.2, 0.25) is 0 Å². The minimum atomic E-state index is 0.159. The maximum Gasteiger partial charge on any atom is 0.188 e. The molecule has 3 N–H and O–H groups in total. The van der Waals surface area contributed by atoms with Crippen LogP contribution < -0.4 is 11.1 Å². The minimum Gasteiger partial charge on any atom is -0.383 e. The summed E-state index contributed by atoms with van der Waals surface area (Å²) in [5, 5.41) is 3.04. The summed E-state index contributed by atoms with van der Waals surface area (Å²) in [5.41, 5.74) is 5.71. The molecular formula is C12H25N3O3. The smallest absolute Gasteiger partial charge is 0.188 e. The maximum atomic E-state index is 5.71. The molecule has 6 heteroatoms. The highest BCUT2D eigenvalue weighted by Crippen LogP contribution is 2.11. The van der Waals surface area contributed by atoms with Crippen molar-refractivity contribution in [1.29, 1.82) is 0 Å². The molecule has 1 rings (SSSR count). The summed E-state index contributed by atoms with van der Waals surface area (Å²) in [4.78, 5) is 4.17. The van der Waals surface area contributed by atoms with Crippen LogP contribution in [0.2, 0.25) is 0 Å². The van der Waals surface area contributed by atoms with Gasteiger partial charge in [-0.05, 0) is 19.8 Å². The zero-order valence-electron chi connectivity index (χ0n) is 11.4. The summed E-state index contributed by atoms with van der Waals surface area (Å²) < 4.78 is 15.9. The van der Waals surface area contributed by atoms with Crippen molar-refractivity contribution in [3.63, 3.8) is 0 Å². The molecule has 2 atom stereocenters. The van der Waals surface area contributed by atoms with Gasteiger partial charge in [0, 0.05) is 19.8 Å². The third-order valence-electron chi connectivity index (χ3n) is 2.66. The lowest BCUT2D eigenvalue weighted by molar-refractivity contribution is 0.0200. The molecule has 0 aromatic carbocycles. The Morgan fingerprint density at radius 2 is 2.44 bits per heavy atom. The monoisotopic (exact) mass is 259 g/mol. The van der Waals surface area contributed by atoms with E-state index in [9.17, 15) is 0 Å². The van der Waals surface area contributed by atoms with Crippen molar-refractivity contribution in [3.05, 3.63) is 0 Å². The zero-order chi connectivity index (χ0) is 13.2. The molecule has 1 aliphatic heterocycles. The number of aliphatic imine (C=N–C) groups is 1. The molecule has 0 aromatic rings. The normalized spacial score (nSPS) is 22.1. The van der Waals surface area contributed by atoms with E-state index in [2.05, 4.69) is 10.3 Å². The molecule has 1 aliphatic rings. The second kappa shape index (κ2) is 9.13. The molecular weight excluding hydrogens is 234 g/mol. The second-order valence-electron chi connectivity index (χ2n) is 4.48. The first-order chi connectivity index (χ1) is 8.72. The van der Waals surface area contributed by atoms with Gasteiger partial charge in [0.05, 0.1) is 32.5 Å². The van der Waals surface area contributed by atoms with Crippen LogP contribution >= 0.6 is 0 Å². The first-order valence-corrected chi connectivity index (χ1v) is 6.47. The Morgan fingerprint density at radius 3 is 3.11 bits per heavy atom. The van der Waals surface area contributed by atoms with Crippen LogP contribution in [0.1, 0.15) is 19.8 Å². The van der Waals surface area contributed by atoms with Crippen molar-refractivity contribution in [2.75, 3.05) is 40.1 Å². The molecule has 0 spiro atoms. The first-order valence-electron chi connectivity index (χ1n) is 6.47. The van der Waals surface area contributed by atoms with E-state index < -0.39 is 0 Å². The van der Waals surface area contributed by atoms with E-state index in [0.29, 0.717) is 32.3 Å². The molecule has 18 heavy (non-hydrogen) atoms. The van der Waals surface area contributed by atoms with E-state index in [1.807, 2.05) is 6.92 Å². The fourth-order valence-electron chi connectivity index (χ4n) is 1.81. The first kappa shape index (κ1) is 15.2. The van der Waals surface area contributed by atoms with Gasteiger partial charge in [-0.25, -0.2) is 0 Å². The number of rotatable bonds is 8. The van der Waals surface area contributed by atoms with Crippen LogP contribution in [0, 0.1) is 0 Å². The van der Waals surface area contributed by atoms with E-state index >= 15 is 0 Å². The fourth-order valence-corrected chi connectivity index (χ4v) is 1.81. The fraction of sp³-hybridized carbons (Fsp3) is 0.917. The van der Waals surface area contributed by atoms with Gasteiger partial charge in [-0.2, -0.15) is 0 Å². The number of methoxy groups -OCH3 is 1. The van der Waals surface area contributed by atoms with Crippen molar-refractivity contribution in [2.45, 2.75) is 31.9 Å². The summed E-state index contributed by atoms with van der Waals surface area (Å²) in [6.45, 7) is 5.24. The maximum absolute atomic E-state index is 5.71. The zero-order valence-corrected chi connectivity index (χ0v) is 11.4. The summed E-state index contributed by atoms with van der Waals surface area (Å²) in [7, 11) is 1.66. The van der Waals surface area contributed by atoms with Gasteiger partial charge in [0.1, 0.15) is 0 Å². The quantitative estimate of drug-likeness (QED) is 0.368.